The summed E-state index contributed by atoms with van der Waals surface area (Å²) in [4.78, 5) is 26.0. The Hall–Kier alpha value is -2.15. The van der Waals surface area contributed by atoms with Gasteiger partial charge in [0.25, 0.3) is 0 Å². The first kappa shape index (κ1) is 15.9. The van der Waals surface area contributed by atoms with Crippen molar-refractivity contribution < 1.29 is 14.7 Å². The molecule has 0 saturated heterocycles. The van der Waals surface area contributed by atoms with E-state index in [-0.39, 0.29) is 12.5 Å². The van der Waals surface area contributed by atoms with Gasteiger partial charge in [-0.05, 0) is 20.2 Å². The lowest BCUT2D eigenvalue weighted by molar-refractivity contribution is -0.142. The van der Waals surface area contributed by atoms with Gasteiger partial charge in [-0.1, -0.05) is 0 Å². The number of carboxylic acids is 1. The number of hydrogen-bond acceptors (Lipinski definition) is 4. The van der Waals surface area contributed by atoms with Crippen molar-refractivity contribution in [3.05, 3.63) is 24.0 Å². The van der Waals surface area contributed by atoms with E-state index >= 15 is 0 Å². The summed E-state index contributed by atoms with van der Waals surface area (Å²) in [7, 11) is 5.52. The number of amides is 1. The van der Waals surface area contributed by atoms with E-state index in [0.29, 0.717) is 13.1 Å². The van der Waals surface area contributed by atoms with Gasteiger partial charge >= 0.3 is 5.97 Å². The van der Waals surface area contributed by atoms with E-state index in [1.54, 1.807) is 30.2 Å². The van der Waals surface area contributed by atoms with E-state index < -0.39 is 5.97 Å². The van der Waals surface area contributed by atoms with Crippen molar-refractivity contribution >= 4 is 18.0 Å². The molecule has 0 aliphatic rings. The second-order valence-corrected chi connectivity index (χ2v) is 4.74. The van der Waals surface area contributed by atoms with Crippen LogP contribution in [0, 0.1) is 0 Å². The smallest absolute Gasteiger partial charge is 0.323 e. The molecule has 1 rings (SSSR count). The number of nitrogens with zero attached hydrogens (tertiary/aromatic N) is 4. The van der Waals surface area contributed by atoms with E-state index in [4.69, 9.17) is 5.11 Å². The summed E-state index contributed by atoms with van der Waals surface area (Å²) in [6.45, 7) is 0.680. The number of aliphatic carboxylic acids is 1. The van der Waals surface area contributed by atoms with Gasteiger partial charge in [0, 0.05) is 38.0 Å². The second-order valence-electron chi connectivity index (χ2n) is 4.74. The van der Waals surface area contributed by atoms with Crippen molar-refractivity contribution in [2.45, 2.75) is 0 Å². The lowest BCUT2D eigenvalue weighted by Gasteiger charge is -2.21. The molecule has 110 valence electrons. The first-order valence-electron chi connectivity index (χ1n) is 6.20. The topological polar surface area (TPSA) is 78.7 Å². The van der Waals surface area contributed by atoms with Crippen molar-refractivity contribution in [1.82, 2.24) is 19.6 Å². The highest BCUT2D eigenvalue weighted by Gasteiger charge is 2.14. The zero-order valence-electron chi connectivity index (χ0n) is 12.0. The number of carbonyl (C=O) groups is 2. The van der Waals surface area contributed by atoms with Crippen LogP contribution in [-0.2, 0) is 16.6 Å². The van der Waals surface area contributed by atoms with Gasteiger partial charge < -0.3 is 14.9 Å². The standard InChI is InChI=1S/C13H20N4O3/c1-15(2)6-7-17(10-13(19)20)12(18)5-4-11-8-14-16(3)9-11/h4-5,8-9H,6-7,10H2,1-3H3,(H,19,20)/b5-4+. The maximum Gasteiger partial charge on any atom is 0.323 e. The van der Waals surface area contributed by atoms with Crippen LogP contribution in [0.1, 0.15) is 5.56 Å². The largest absolute Gasteiger partial charge is 0.480 e. The van der Waals surface area contributed by atoms with Crippen LogP contribution in [0.2, 0.25) is 0 Å². The Bertz CT molecular complexity index is 494. The summed E-state index contributed by atoms with van der Waals surface area (Å²) in [6.07, 6.45) is 6.39. The molecule has 1 aromatic heterocycles. The molecule has 0 unspecified atom stereocenters. The van der Waals surface area contributed by atoms with E-state index in [1.165, 1.54) is 11.0 Å². The fourth-order valence-corrected chi connectivity index (χ4v) is 1.55. The molecule has 1 amide bonds. The van der Waals surface area contributed by atoms with Crippen molar-refractivity contribution in [2.75, 3.05) is 33.7 Å². The summed E-state index contributed by atoms with van der Waals surface area (Å²) in [6, 6.07) is 0. The molecular formula is C13H20N4O3. The second kappa shape index (κ2) is 7.44. The Morgan fingerprint density at radius 3 is 2.60 bits per heavy atom. The van der Waals surface area contributed by atoms with E-state index in [0.717, 1.165) is 5.56 Å². The van der Waals surface area contributed by atoms with Crippen LogP contribution in [0.4, 0.5) is 0 Å². The third-order valence-electron chi connectivity index (χ3n) is 2.60. The number of aryl methyl sites for hydroxylation is 1. The van der Waals surface area contributed by atoms with Gasteiger partial charge in [0.1, 0.15) is 6.54 Å². The van der Waals surface area contributed by atoms with Crippen LogP contribution in [-0.4, -0.2) is 70.3 Å². The molecule has 1 heterocycles. The maximum atomic E-state index is 12.0. The van der Waals surface area contributed by atoms with Gasteiger partial charge in [-0.25, -0.2) is 0 Å². The molecule has 0 radical (unpaired) electrons. The molecule has 0 atom stereocenters. The zero-order chi connectivity index (χ0) is 15.1. The molecule has 0 saturated carbocycles. The number of hydrogen-bond donors (Lipinski definition) is 1. The Kier molecular flexibility index (Phi) is 5.92. The zero-order valence-corrected chi connectivity index (χ0v) is 12.0. The van der Waals surface area contributed by atoms with Gasteiger partial charge in [0.15, 0.2) is 0 Å². The molecular weight excluding hydrogens is 260 g/mol. The molecule has 1 N–H and O–H groups in total. The maximum absolute atomic E-state index is 12.0. The first-order chi connectivity index (χ1) is 9.38. The number of rotatable bonds is 7. The lowest BCUT2D eigenvalue weighted by atomic mass is 10.3. The predicted octanol–water partition coefficient (Wildman–Crippen LogP) is -0.0919. The molecule has 0 aromatic carbocycles. The normalized spacial score (nSPS) is 11.2. The van der Waals surface area contributed by atoms with Crippen molar-refractivity contribution in [1.29, 1.82) is 0 Å². The molecule has 0 bridgehead atoms. The lowest BCUT2D eigenvalue weighted by Crippen LogP contribution is -2.39. The van der Waals surface area contributed by atoms with Gasteiger partial charge in [-0.2, -0.15) is 5.10 Å². The van der Waals surface area contributed by atoms with Crippen LogP contribution >= 0.6 is 0 Å². The van der Waals surface area contributed by atoms with Crippen LogP contribution in [0.3, 0.4) is 0 Å². The molecule has 0 fully saturated rings. The Morgan fingerprint density at radius 2 is 2.10 bits per heavy atom. The Labute approximate surface area is 118 Å². The van der Waals surface area contributed by atoms with Gasteiger partial charge in [0.05, 0.1) is 6.20 Å². The third kappa shape index (κ3) is 5.66. The highest BCUT2D eigenvalue weighted by atomic mass is 16.4. The van der Waals surface area contributed by atoms with Gasteiger partial charge in [0.2, 0.25) is 5.91 Å². The molecule has 7 heteroatoms. The molecule has 0 aliphatic heterocycles. The SMILES string of the molecule is CN(C)CCN(CC(=O)O)C(=O)/C=C/c1cnn(C)c1. The average Bonchev–Trinajstić information content (AvgIpc) is 2.76. The molecule has 7 nitrogen and oxygen atoms in total. The van der Waals surface area contributed by atoms with Crippen molar-refractivity contribution in [3.8, 4) is 0 Å². The summed E-state index contributed by atoms with van der Waals surface area (Å²) in [5.74, 6) is -1.34. The first-order valence-corrected chi connectivity index (χ1v) is 6.20. The summed E-state index contributed by atoms with van der Waals surface area (Å²) < 4.78 is 1.63. The number of aromatic nitrogens is 2. The van der Waals surface area contributed by atoms with Crippen LogP contribution in [0.25, 0.3) is 6.08 Å². The number of carboxylic acid groups (broad SMARTS) is 1. The molecule has 0 aliphatic carbocycles. The minimum atomic E-state index is -1.02. The summed E-state index contributed by atoms with van der Waals surface area (Å²) in [5.41, 5.74) is 0.795. The molecule has 0 spiro atoms. The van der Waals surface area contributed by atoms with Crippen LogP contribution < -0.4 is 0 Å². The van der Waals surface area contributed by atoms with Gasteiger partial charge in [-0.15, -0.1) is 0 Å². The monoisotopic (exact) mass is 280 g/mol. The van der Waals surface area contributed by atoms with E-state index in [2.05, 4.69) is 5.10 Å². The molecule has 1 aromatic rings. The summed E-state index contributed by atoms with van der Waals surface area (Å²) >= 11 is 0. The fraction of sp³-hybridized carbons (Fsp3) is 0.462. The highest BCUT2D eigenvalue weighted by molar-refractivity contribution is 5.93. The Balaban J connectivity index is 2.66. The van der Waals surface area contributed by atoms with Crippen LogP contribution in [0.15, 0.2) is 18.5 Å². The quantitative estimate of drug-likeness (QED) is 0.706. The van der Waals surface area contributed by atoms with Gasteiger partial charge in [-0.3, -0.25) is 14.3 Å². The predicted molar refractivity (Wildman–Crippen MR) is 75.0 cm³/mol. The highest BCUT2D eigenvalue weighted by Crippen LogP contribution is 2.01. The minimum absolute atomic E-state index is 0.302. The van der Waals surface area contributed by atoms with E-state index in [9.17, 15) is 9.59 Å². The van der Waals surface area contributed by atoms with E-state index in [1.807, 2.05) is 19.0 Å². The van der Waals surface area contributed by atoms with Crippen molar-refractivity contribution in [2.24, 2.45) is 7.05 Å². The van der Waals surface area contributed by atoms with Crippen molar-refractivity contribution in [3.63, 3.8) is 0 Å². The molecule has 20 heavy (non-hydrogen) atoms. The fourth-order valence-electron chi connectivity index (χ4n) is 1.55. The summed E-state index contributed by atoms with van der Waals surface area (Å²) in [5, 5.41) is 12.8. The Morgan fingerprint density at radius 1 is 1.40 bits per heavy atom. The minimum Gasteiger partial charge on any atom is -0.480 e. The van der Waals surface area contributed by atoms with Crippen LogP contribution in [0.5, 0.6) is 0 Å². The average molecular weight is 280 g/mol. The third-order valence-corrected chi connectivity index (χ3v) is 2.60. The number of likely N-dealkylation sites (N-methyl/N-ethyl adjacent to an activating group) is 1. The number of carbonyl (C=O) groups excluding carboxylic acids is 1.